The topological polar surface area (TPSA) is 104 Å². The number of carbonyl (C=O) groups is 1. The Balaban J connectivity index is 1.42. The van der Waals surface area contributed by atoms with Crippen LogP contribution in [-0.2, 0) is 6.54 Å². The second-order valence-corrected chi connectivity index (χ2v) is 7.35. The molecule has 0 aliphatic carbocycles. The minimum absolute atomic E-state index is 0.243. The molecule has 0 aliphatic rings. The third-order valence-electron chi connectivity index (χ3n) is 5.29. The van der Waals surface area contributed by atoms with Crippen molar-refractivity contribution in [2.75, 3.05) is 13.7 Å². The first-order valence-corrected chi connectivity index (χ1v) is 10.5. The number of aryl methyl sites for hydroxylation is 1. The summed E-state index contributed by atoms with van der Waals surface area (Å²) in [5.41, 5.74) is 2.55. The number of amides is 1. The Hall–Kier alpha value is -4.47. The van der Waals surface area contributed by atoms with Crippen molar-refractivity contribution >= 4 is 11.4 Å². The number of aromatic nitrogens is 7. The van der Waals surface area contributed by atoms with E-state index in [1.54, 1.807) is 49.1 Å². The van der Waals surface area contributed by atoms with Gasteiger partial charge in [-0.25, -0.2) is 14.6 Å². The molecule has 1 N–H and O–H groups in total. The molecule has 0 radical (unpaired) electrons. The molecule has 1 amide bonds. The maximum absolute atomic E-state index is 13.0. The Kier molecular flexibility index (Phi) is 5.54. The fourth-order valence-corrected chi connectivity index (χ4v) is 3.65. The van der Waals surface area contributed by atoms with Crippen molar-refractivity contribution in [3.8, 4) is 23.0 Å². The fourth-order valence-electron chi connectivity index (χ4n) is 3.65. The van der Waals surface area contributed by atoms with Crippen LogP contribution in [0.3, 0.4) is 0 Å². The Bertz CT molecular complexity index is 1370. The van der Waals surface area contributed by atoms with Gasteiger partial charge in [0.05, 0.1) is 37.0 Å². The number of nitrogens with one attached hydrogen (secondary N) is 1. The lowest BCUT2D eigenvalue weighted by Gasteiger charge is -2.08. The molecule has 5 aromatic rings. The van der Waals surface area contributed by atoms with Crippen LogP contribution < -0.4 is 10.1 Å². The Morgan fingerprint density at radius 3 is 2.70 bits per heavy atom. The summed E-state index contributed by atoms with van der Waals surface area (Å²) in [7, 11) is 1.63. The van der Waals surface area contributed by atoms with Gasteiger partial charge in [-0.1, -0.05) is 0 Å². The monoisotopic (exact) mass is 442 g/mol. The maximum Gasteiger partial charge on any atom is 0.272 e. The highest BCUT2D eigenvalue weighted by molar-refractivity contribution is 5.99. The van der Waals surface area contributed by atoms with E-state index in [4.69, 9.17) is 9.72 Å². The predicted octanol–water partition coefficient (Wildman–Crippen LogP) is 2.61. The second kappa shape index (κ2) is 8.95. The SMILES string of the molecule is COc1ccc(-n2nccc2-c2nc(C(=O)NCCCn3ccnc3)c3cnccn23)cc1. The molecular weight excluding hydrogens is 420 g/mol. The van der Waals surface area contributed by atoms with Crippen LogP contribution in [0.15, 0.2) is 73.8 Å². The van der Waals surface area contributed by atoms with Gasteiger partial charge in [-0.05, 0) is 36.8 Å². The number of imidazole rings is 2. The standard InChI is InChI=1S/C23H22N8O2/c1-33-18-5-3-17(4-6-18)31-19(7-9-27-31)22-28-21(20-15-24-11-14-30(20)22)23(32)26-8-2-12-29-13-10-25-16-29/h3-7,9-11,13-16H,2,8,12H2,1H3,(H,26,32). The van der Waals surface area contributed by atoms with Crippen LogP contribution in [0, 0.1) is 0 Å². The van der Waals surface area contributed by atoms with Crippen molar-refractivity contribution < 1.29 is 9.53 Å². The average Bonchev–Trinajstić information content (AvgIpc) is 3.61. The van der Waals surface area contributed by atoms with Gasteiger partial charge in [0.2, 0.25) is 0 Å². The van der Waals surface area contributed by atoms with Gasteiger partial charge in [0.25, 0.3) is 5.91 Å². The molecule has 0 unspecified atom stereocenters. The number of ether oxygens (including phenoxy) is 1. The van der Waals surface area contributed by atoms with Crippen LogP contribution in [0.1, 0.15) is 16.9 Å². The highest BCUT2D eigenvalue weighted by Gasteiger charge is 2.21. The van der Waals surface area contributed by atoms with Crippen LogP contribution in [-0.4, -0.2) is 53.3 Å². The zero-order chi connectivity index (χ0) is 22.6. The van der Waals surface area contributed by atoms with Crippen molar-refractivity contribution in [1.82, 2.24) is 39.0 Å². The van der Waals surface area contributed by atoms with E-state index in [-0.39, 0.29) is 5.91 Å². The van der Waals surface area contributed by atoms with Crippen LogP contribution in [0.25, 0.3) is 22.7 Å². The minimum atomic E-state index is -0.243. The summed E-state index contributed by atoms with van der Waals surface area (Å²) in [4.78, 5) is 25.9. The summed E-state index contributed by atoms with van der Waals surface area (Å²) < 4.78 is 10.9. The van der Waals surface area contributed by atoms with Crippen LogP contribution in [0.2, 0.25) is 0 Å². The number of hydrogen-bond donors (Lipinski definition) is 1. The van der Waals surface area contributed by atoms with Crippen molar-refractivity contribution in [1.29, 1.82) is 0 Å². The number of nitrogens with zero attached hydrogens (tertiary/aromatic N) is 7. The minimum Gasteiger partial charge on any atom is -0.497 e. The van der Waals surface area contributed by atoms with E-state index in [0.29, 0.717) is 23.6 Å². The molecular formula is C23H22N8O2. The van der Waals surface area contributed by atoms with Crippen LogP contribution in [0.5, 0.6) is 5.75 Å². The molecule has 0 fully saturated rings. The van der Waals surface area contributed by atoms with E-state index in [0.717, 1.165) is 30.1 Å². The molecule has 1 aromatic carbocycles. The third kappa shape index (κ3) is 4.05. The zero-order valence-corrected chi connectivity index (χ0v) is 18.0. The van der Waals surface area contributed by atoms with Gasteiger partial charge in [-0.2, -0.15) is 5.10 Å². The first-order valence-electron chi connectivity index (χ1n) is 10.5. The molecule has 0 saturated heterocycles. The van der Waals surface area contributed by atoms with E-state index in [9.17, 15) is 4.79 Å². The molecule has 5 rings (SSSR count). The van der Waals surface area contributed by atoms with E-state index >= 15 is 0 Å². The van der Waals surface area contributed by atoms with Gasteiger partial charge in [-0.3, -0.25) is 14.2 Å². The fraction of sp³-hybridized carbons (Fsp3) is 0.174. The Labute approximate surface area is 189 Å². The maximum atomic E-state index is 13.0. The van der Waals surface area contributed by atoms with Crippen molar-refractivity contribution in [3.05, 3.63) is 79.5 Å². The summed E-state index contributed by atoms with van der Waals surface area (Å²) >= 11 is 0. The quantitative estimate of drug-likeness (QED) is 0.371. The molecule has 10 heteroatoms. The number of fused-ring (bicyclic) bond motifs is 1. The van der Waals surface area contributed by atoms with Crippen LogP contribution in [0.4, 0.5) is 0 Å². The van der Waals surface area contributed by atoms with Crippen molar-refractivity contribution in [3.63, 3.8) is 0 Å². The smallest absolute Gasteiger partial charge is 0.272 e. The zero-order valence-electron chi connectivity index (χ0n) is 18.0. The number of benzene rings is 1. The van der Waals surface area contributed by atoms with E-state index in [1.165, 1.54) is 0 Å². The van der Waals surface area contributed by atoms with E-state index in [2.05, 4.69) is 20.4 Å². The second-order valence-electron chi connectivity index (χ2n) is 7.35. The molecule has 10 nitrogen and oxygen atoms in total. The molecule has 4 aromatic heterocycles. The Morgan fingerprint density at radius 2 is 1.91 bits per heavy atom. The van der Waals surface area contributed by atoms with Crippen molar-refractivity contribution in [2.24, 2.45) is 0 Å². The van der Waals surface area contributed by atoms with E-state index < -0.39 is 0 Å². The largest absolute Gasteiger partial charge is 0.497 e. The van der Waals surface area contributed by atoms with Gasteiger partial charge < -0.3 is 14.6 Å². The number of carbonyl (C=O) groups excluding carboxylic acids is 1. The number of hydrogen-bond acceptors (Lipinski definition) is 6. The normalized spacial score (nSPS) is 11.1. The van der Waals surface area contributed by atoms with Gasteiger partial charge >= 0.3 is 0 Å². The lowest BCUT2D eigenvalue weighted by Crippen LogP contribution is -2.25. The first kappa shape index (κ1) is 20.4. The first-order chi connectivity index (χ1) is 16.2. The highest BCUT2D eigenvalue weighted by atomic mass is 16.5. The lowest BCUT2D eigenvalue weighted by molar-refractivity contribution is 0.0950. The number of rotatable bonds is 8. The van der Waals surface area contributed by atoms with Gasteiger partial charge in [0.1, 0.15) is 11.4 Å². The molecule has 0 bridgehead atoms. The van der Waals surface area contributed by atoms with Gasteiger partial charge in [-0.15, -0.1) is 0 Å². The summed E-state index contributed by atoms with van der Waals surface area (Å²) in [6.07, 6.45) is 13.0. The molecule has 33 heavy (non-hydrogen) atoms. The molecule has 0 atom stereocenters. The summed E-state index contributed by atoms with van der Waals surface area (Å²) in [6, 6.07) is 9.45. The van der Waals surface area contributed by atoms with Crippen LogP contribution >= 0.6 is 0 Å². The number of methoxy groups -OCH3 is 1. The molecule has 4 heterocycles. The van der Waals surface area contributed by atoms with Crippen molar-refractivity contribution in [2.45, 2.75) is 13.0 Å². The lowest BCUT2D eigenvalue weighted by atomic mass is 10.3. The Morgan fingerprint density at radius 1 is 1.06 bits per heavy atom. The van der Waals surface area contributed by atoms with Gasteiger partial charge in [0, 0.05) is 37.9 Å². The summed E-state index contributed by atoms with van der Waals surface area (Å²) in [5, 5.41) is 7.42. The van der Waals surface area contributed by atoms with E-state index in [1.807, 2.05) is 45.5 Å². The molecule has 0 spiro atoms. The third-order valence-corrected chi connectivity index (χ3v) is 5.29. The highest BCUT2D eigenvalue weighted by Crippen LogP contribution is 2.25. The summed E-state index contributed by atoms with van der Waals surface area (Å²) in [5.74, 6) is 1.12. The van der Waals surface area contributed by atoms with Gasteiger partial charge in [0.15, 0.2) is 11.5 Å². The predicted molar refractivity (Wildman–Crippen MR) is 121 cm³/mol. The molecule has 0 saturated carbocycles. The molecule has 166 valence electrons. The molecule has 0 aliphatic heterocycles. The summed E-state index contributed by atoms with van der Waals surface area (Å²) in [6.45, 7) is 1.30. The average molecular weight is 442 g/mol.